The molecule has 0 aliphatic heterocycles. The van der Waals surface area contributed by atoms with Crippen LogP contribution in [0, 0.1) is 6.92 Å². The molecule has 15 heteroatoms. The van der Waals surface area contributed by atoms with Gasteiger partial charge in [-0.3, -0.25) is 14.4 Å². The molecule has 0 radical (unpaired) electrons. The van der Waals surface area contributed by atoms with E-state index < -0.39 is 42.3 Å². The summed E-state index contributed by atoms with van der Waals surface area (Å²) in [5.41, 5.74) is 3.97. The number of carboxylic acids is 1. The van der Waals surface area contributed by atoms with E-state index in [9.17, 15) is 33.9 Å². The molecule has 2 unspecified atom stereocenters. The molecule has 8 N–H and O–H groups in total. The number of amides is 5. The van der Waals surface area contributed by atoms with Crippen molar-refractivity contribution >= 4 is 58.2 Å². The molecule has 2 atom stereocenters. The number of hydrogen-bond donors (Lipinski definition) is 8. The van der Waals surface area contributed by atoms with Crippen molar-refractivity contribution in [1.29, 1.82) is 0 Å². The van der Waals surface area contributed by atoms with E-state index in [-0.39, 0.29) is 18.2 Å². The first kappa shape index (κ1) is 51.1. The third-order valence-corrected chi connectivity index (χ3v) is 9.36. The number of urea groups is 1. The zero-order chi connectivity index (χ0) is 43.3. The molecule has 1 heterocycles. The fraction of sp³-hybridized carbons (Fsp3) is 0.535. The first-order valence-electron chi connectivity index (χ1n) is 20.3. The number of aromatic amines is 1. The van der Waals surface area contributed by atoms with E-state index in [4.69, 9.17) is 0 Å². The Balaban J connectivity index is 0.00000118. The Morgan fingerprint density at radius 2 is 1.45 bits per heavy atom. The average Bonchev–Trinajstić information content (AvgIpc) is 3.59. The van der Waals surface area contributed by atoms with Crippen LogP contribution in [0.5, 0.6) is 0 Å². The van der Waals surface area contributed by atoms with E-state index in [1.165, 1.54) is 28.2 Å². The van der Waals surface area contributed by atoms with Crippen molar-refractivity contribution in [2.45, 2.75) is 118 Å². The lowest BCUT2D eigenvalue weighted by molar-refractivity contribution is -0.142. The number of carbonyl (C=O) groups is 6. The third kappa shape index (κ3) is 22.2. The quantitative estimate of drug-likeness (QED) is 0.0509. The SMILES string of the molecule is CC.CSCCC(NC(=O)c1ccc(CNC(C)C)cc1)C(=O)NCC(=O)NC(CCCCNC(=O)NCCCCCC(C)=O)C(=O)O.Cc1c[nH]c2ccccc12. The Morgan fingerprint density at radius 1 is 0.793 bits per heavy atom. The molecule has 3 aromatic rings. The summed E-state index contributed by atoms with van der Waals surface area (Å²) in [7, 11) is 0. The lowest BCUT2D eigenvalue weighted by Crippen LogP contribution is -2.51. The highest BCUT2D eigenvalue weighted by atomic mass is 32.2. The Labute approximate surface area is 348 Å². The fourth-order valence-corrected chi connectivity index (χ4v) is 5.94. The molecule has 3 rings (SSSR count). The van der Waals surface area contributed by atoms with Crippen molar-refractivity contribution in [3.63, 3.8) is 0 Å². The predicted molar refractivity (Wildman–Crippen MR) is 234 cm³/mol. The lowest BCUT2D eigenvalue weighted by Gasteiger charge is -2.19. The van der Waals surface area contributed by atoms with E-state index in [1.807, 2.05) is 58.3 Å². The maximum atomic E-state index is 12.9. The van der Waals surface area contributed by atoms with E-state index in [0.29, 0.717) is 62.7 Å². The molecule has 0 saturated heterocycles. The summed E-state index contributed by atoms with van der Waals surface area (Å²) in [6.45, 7) is 12.8. The van der Waals surface area contributed by atoms with Gasteiger partial charge in [0.25, 0.3) is 5.91 Å². The molecular formula is C43H67N7O7S. The van der Waals surface area contributed by atoms with Gasteiger partial charge in [-0.15, -0.1) is 0 Å². The number of unbranched alkanes of at least 4 members (excludes halogenated alkanes) is 3. The van der Waals surface area contributed by atoms with Gasteiger partial charge in [-0.25, -0.2) is 9.59 Å². The zero-order valence-electron chi connectivity index (χ0n) is 35.4. The average molecular weight is 826 g/mol. The normalized spacial score (nSPS) is 11.5. The maximum absolute atomic E-state index is 12.9. The van der Waals surface area contributed by atoms with Gasteiger partial charge in [-0.1, -0.05) is 64.4 Å². The second-order valence-electron chi connectivity index (χ2n) is 13.9. The summed E-state index contributed by atoms with van der Waals surface area (Å²) in [6, 6.07) is 13.4. The molecule has 0 bridgehead atoms. The number of ketones is 1. The number of rotatable bonds is 24. The number of fused-ring (bicyclic) bond motifs is 1. The number of nitrogens with one attached hydrogen (secondary N) is 7. The molecule has 5 amide bonds. The Kier molecular flexibility index (Phi) is 26.6. The van der Waals surface area contributed by atoms with Gasteiger partial charge in [0.1, 0.15) is 17.9 Å². The van der Waals surface area contributed by atoms with Gasteiger partial charge < -0.3 is 46.8 Å². The van der Waals surface area contributed by atoms with Crippen LogP contribution in [0.2, 0.25) is 0 Å². The second-order valence-corrected chi connectivity index (χ2v) is 14.9. The summed E-state index contributed by atoms with van der Waals surface area (Å²) in [6.07, 6.45) is 8.34. The smallest absolute Gasteiger partial charge is 0.326 e. The van der Waals surface area contributed by atoms with Crippen molar-refractivity contribution in [2.24, 2.45) is 0 Å². The van der Waals surface area contributed by atoms with Gasteiger partial charge in [0, 0.05) is 54.8 Å². The van der Waals surface area contributed by atoms with Gasteiger partial charge >= 0.3 is 12.0 Å². The topological polar surface area (TPSA) is 211 Å². The monoisotopic (exact) mass is 825 g/mol. The molecule has 58 heavy (non-hydrogen) atoms. The van der Waals surface area contributed by atoms with Gasteiger partial charge in [-0.05, 0) is 93.7 Å². The number of benzene rings is 2. The minimum Gasteiger partial charge on any atom is -0.480 e. The fourth-order valence-electron chi connectivity index (χ4n) is 5.47. The number of carboxylic acid groups (broad SMARTS) is 1. The first-order valence-corrected chi connectivity index (χ1v) is 21.7. The standard InChI is InChI=1S/C32H52N6O7S.C9H9N.C2H6/c1-22(2)35-20-24-12-14-25(15-13-24)29(41)38-26(16-19-46-4)30(42)36-21-28(40)37-27(31(43)44)11-7-9-18-34-32(45)33-17-8-5-6-10-23(3)39;1-7-6-10-9-5-3-2-4-8(7)9;1-2/h12-15,22,26-27,35H,5-11,16-21H2,1-4H3,(H,36,42)(H,37,40)(H,38,41)(H,43,44)(H2,33,34,45);2-6,10H,1H3;1-2H3. The summed E-state index contributed by atoms with van der Waals surface area (Å²) in [4.78, 5) is 75.9. The predicted octanol–water partition coefficient (Wildman–Crippen LogP) is 5.84. The maximum Gasteiger partial charge on any atom is 0.326 e. The number of thioether (sulfide) groups is 1. The molecule has 0 saturated carbocycles. The van der Waals surface area contributed by atoms with E-state index in [2.05, 4.69) is 62.0 Å². The largest absolute Gasteiger partial charge is 0.480 e. The number of aromatic nitrogens is 1. The van der Waals surface area contributed by atoms with Crippen molar-refractivity contribution in [3.8, 4) is 0 Å². The van der Waals surface area contributed by atoms with Crippen LogP contribution in [0.1, 0.15) is 107 Å². The van der Waals surface area contributed by atoms with Crippen LogP contribution in [0.15, 0.2) is 54.7 Å². The van der Waals surface area contributed by atoms with Crippen LogP contribution < -0.4 is 31.9 Å². The van der Waals surface area contributed by atoms with Crippen molar-refractivity contribution in [2.75, 3.05) is 31.6 Å². The van der Waals surface area contributed by atoms with Crippen molar-refractivity contribution in [3.05, 3.63) is 71.4 Å². The van der Waals surface area contributed by atoms with E-state index in [0.717, 1.165) is 24.8 Å². The molecule has 1 aromatic heterocycles. The molecule has 322 valence electrons. The molecule has 0 spiro atoms. The molecular weight excluding hydrogens is 759 g/mol. The number of Topliss-reactive ketones (excluding diaryl/α,β-unsaturated/α-hetero) is 1. The first-order chi connectivity index (χ1) is 27.8. The van der Waals surface area contributed by atoms with Crippen molar-refractivity contribution in [1.82, 2.24) is 36.9 Å². The third-order valence-electron chi connectivity index (χ3n) is 8.71. The lowest BCUT2D eigenvalue weighted by atomic mass is 10.1. The summed E-state index contributed by atoms with van der Waals surface area (Å²) in [5, 5.41) is 27.3. The van der Waals surface area contributed by atoms with Crippen LogP contribution in [0.4, 0.5) is 4.79 Å². The number of carbonyl (C=O) groups excluding carboxylic acids is 5. The van der Waals surface area contributed by atoms with Gasteiger partial charge in [0.05, 0.1) is 6.54 Å². The van der Waals surface area contributed by atoms with E-state index in [1.54, 1.807) is 19.1 Å². The second kappa shape index (κ2) is 30.2. The Hall–Kier alpha value is -4.89. The molecule has 2 aromatic carbocycles. The van der Waals surface area contributed by atoms with Gasteiger partial charge in [-0.2, -0.15) is 11.8 Å². The summed E-state index contributed by atoms with van der Waals surface area (Å²) < 4.78 is 0. The Morgan fingerprint density at radius 3 is 2.05 bits per heavy atom. The highest BCUT2D eigenvalue weighted by molar-refractivity contribution is 7.98. The zero-order valence-corrected chi connectivity index (χ0v) is 36.2. The summed E-state index contributed by atoms with van der Waals surface area (Å²) >= 11 is 1.52. The molecule has 0 fully saturated rings. The number of para-hydroxylation sites is 1. The van der Waals surface area contributed by atoms with Gasteiger partial charge in [0.2, 0.25) is 11.8 Å². The Bertz CT molecular complexity index is 1680. The van der Waals surface area contributed by atoms with Crippen LogP contribution in [0.25, 0.3) is 10.9 Å². The van der Waals surface area contributed by atoms with Gasteiger partial charge in [0.15, 0.2) is 0 Å². The van der Waals surface area contributed by atoms with Crippen LogP contribution >= 0.6 is 11.8 Å². The minimum absolute atomic E-state index is 0.146. The number of hydrogen-bond acceptors (Lipinski definition) is 8. The number of aliphatic carboxylic acids is 1. The van der Waals surface area contributed by atoms with Crippen molar-refractivity contribution < 1.29 is 33.9 Å². The molecule has 0 aliphatic carbocycles. The number of aryl methyl sites for hydroxylation is 1. The highest BCUT2D eigenvalue weighted by Crippen LogP contribution is 2.15. The number of H-pyrrole nitrogens is 1. The highest BCUT2D eigenvalue weighted by Gasteiger charge is 2.24. The van der Waals surface area contributed by atoms with Crippen LogP contribution in [0.3, 0.4) is 0 Å². The molecule has 0 aliphatic rings. The van der Waals surface area contributed by atoms with Crippen LogP contribution in [-0.4, -0.2) is 95.4 Å². The van der Waals surface area contributed by atoms with E-state index >= 15 is 0 Å². The molecule has 14 nitrogen and oxygen atoms in total. The minimum atomic E-state index is -1.20. The summed E-state index contributed by atoms with van der Waals surface area (Å²) in [5.74, 6) is -2.06. The van der Waals surface area contributed by atoms with Crippen LogP contribution in [-0.2, 0) is 25.7 Å².